The smallest absolute Gasteiger partial charge is 0.264 e. The van der Waals surface area contributed by atoms with Gasteiger partial charge in [-0.2, -0.15) is 5.10 Å². The van der Waals surface area contributed by atoms with Gasteiger partial charge < -0.3 is 9.47 Å². The molecule has 0 atom stereocenters. The van der Waals surface area contributed by atoms with E-state index in [2.05, 4.69) is 26.5 Å². The van der Waals surface area contributed by atoms with E-state index in [0.29, 0.717) is 37.3 Å². The number of nitrogens with one attached hydrogen (secondary N) is 1. The molecule has 4 aromatic carbocycles. The van der Waals surface area contributed by atoms with Gasteiger partial charge in [0.2, 0.25) is 0 Å². The first kappa shape index (κ1) is 32.3. The van der Waals surface area contributed by atoms with Gasteiger partial charge in [-0.1, -0.05) is 59.1 Å². The average Bonchev–Trinajstić information content (AvgIpc) is 2.96. The van der Waals surface area contributed by atoms with Crippen molar-refractivity contribution in [1.29, 1.82) is 0 Å². The fourth-order valence-electron chi connectivity index (χ4n) is 4.02. The number of hydrogen-bond donors (Lipinski definition) is 1. The molecule has 0 radical (unpaired) electrons. The number of benzene rings is 4. The van der Waals surface area contributed by atoms with Crippen LogP contribution in [0.4, 0.5) is 5.69 Å². The third-order valence-corrected chi connectivity index (χ3v) is 9.19. The van der Waals surface area contributed by atoms with Crippen LogP contribution >= 0.6 is 39.1 Å². The molecule has 8 nitrogen and oxygen atoms in total. The van der Waals surface area contributed by atoms with Gasteiger partial charge in [-0.15, -0.1) is 0 Å². The van der Waals surface area contributed by atoms with Crippen LogP contribution in [0.5, 0.6) is 11.5 Å². The Morgan fingerprint density at radius 2 is 1.74 bits per heavy atom. The molecule has 0 bridgehead atoms. The maximum absolute atomic E-state index is 13.6. The summed E-state index contributed by atoms with van der Waals surface area (Å²) < 4.78 is 40.2. The van der Waals surface area contributed by atoms with Gasteiger partial charge in [-0.05, 0) is 89.4 Å². The van der Waals surface area contributed by atoms with Crippen molar-refractivity contribution in [3.63, 3.8) is 0 Å². The summed E-state index contributed by atoms with van der Waals surface area (Å²) in [5.74, 6) is 0.242. The van der Waals surface area contributed by atoms with E-state index in [0.717, 1.165) is 21.0 Å². The number of aryl methyl sites for hydroxylation is 2. The summed E-state index contributed by atoms with van der Waals surface area (Å²) >= 11 is 15.7. The summed E-state index contributed by atoms with van der Waals surface area (Å²) in [5, 5.41) is 5.05. The van der Waals surface area contributed by atoms with Gasteiger partial charge in [0.25, 0.3) is 15.9 Å². The summed E-state index contributed by atoms with van der Waals surface area (Å²) in [6.07, 6.45) is 1.41. The zero-order valence-corrected chi connectivity index (χ0v) is 27.4. The van der Waals surface area contributed by atoms with E-state index in [4.69, 9.17) is 32.7 Å². The minimum absolute atomic E-state index is 0.0773. The molecular formula is C31H28BrCl2N3O5S. The van der Waals surface area contributed by atoms with Crippen molar-refractivity contribution < 1.29 is 22.7 Å². The number of carbonyl (C=O) groups is 1. The third kappa shape index (κ3) is 8.29. The number of sulfonamides is 1. The molecule has 0 aliphatic heterocycles. The summed E-state index contributed by atoms with van der Waals surface area (Å²) in [6.45, 7) is 3.41. The molecule has 0 saturated heterocycles. The molecule has 43 heavy (non-hydrogen) atoms. The van der Waals surface area contributed by atoms with E-state index in [9.17, 15) is 13.2 Å². The fraction of sp³-hybridized carbons (Fsp3) is 0.161. The van der Waals surface area contributed by atoms with E-state index in [1.165, 1.54) is 25.5 Å². The van der Waals surface area contributed by atoms with Gasteiger partial charge in [-0.25, -0.2) is 13.8 Å². The Bertz CT molecular complexity index is 1770. The topological polar surface area (TPSA) is 97.3 Å². The van der Waals surface area contributed by atoms with Gasteiger partial charge in [0.15, 0.2) is 11.5 Å². The normalized spacial score (nSPS) is 11.4. The predicted octanol–water partition coefficient (Wildman–Crippen LogP) is 7.31. The standard InChI is InChI=1S/C31H28BrCl2N3O5S/c1-20-7-11-26(12-8-20)43(39,40)37(25-6-4-5-21(2)13-25)18-30(38)36-35-17-22-14-27(32)31(29(15-22)41-3)42-19-23-9-10-24(33)16-28(23)34/h4-17H,18-19H2,1-3H3,(H,36,38)/b35-17+. The van der Waals surface area contributed by atoms with Crippen LogP contribution < -0.4 is 19.2 Å². The number of hydrogen-bond acceptors (Lipinski definition) is 6. The molecular weight excluding hydrogens is 677 g/mol. The number of anilines is 1. The first-order chi connectivity index (χ1) is 20.5. The van der Waals surface area contributed by atoms with E-state index in [1.54, 1.807) is 60.7 Å². The Morgan fingerprint density at radius 3 is 2.42 bits per heavy atom. The van der Waals surface area contributed by atoms with Crippen LogP contribution in [0.3, 0.4) is 0 Å². The van der Waals surface area contributed by atoms with E-state index >= 15 is 0 Å². The number of rotatable bonds is 11. The van der Waals surface area contributed by atoms with E-state index < -0.39 is 22.5 Å². The number of amides is 1. The van der Waals surface area contributed by atoms with Gasteiger partial charge in [0.1, 0.15) is 13.2 Å². The van der Waals surface area contributed by atoms with Crippen LogP contribution in [0.2, 0.25) is 10.0 Å². The Labute approximate surface area is 269 Å². The Balaban J connectivity index is 1.49. The van der Waals surface area contributed by atoms with Crippen molar-refractivity contribution in [3.8, 4) is 11.5 Å². The monoisotopic (exact) mass is 703 g/mol. The molecule has 0 fully saturated rings. The SMILES string of the molecule is COc1cc(/C=N/NC(=O)CN(c2cccc(C)c2)S(=O)(=O)c2ccc(C)cc2)cc(Br)c1OCc1ccc(Cl)cc1Cl. The molecule has 1 amide bonds. The molecule has 0 aromatic heterocycles. The quantitative estimate of drug-likeness (QED) is 0.131. The molecule has 0 unspecified atom stereocenters. The van der Waals surface area contributed by atoms with Gasteiger partial charge in [0.05, 0.1) is 28.4 Å². The molecule has 4 rings (SSSR count). The minimum atomic E-state index is -4.04. The van der Waals surface area contributed by atoms with Crippen LogP contribution in [0.25, 0.3) is 0 Å². The highest BCUT2D eigenvalue weighted by atomic mass is 79.9. The summed E-state index contributed by atoms with van der Waals surface area (Å²) in [6, 6.07) is 21.9. The number of halogens is 3. The maximum Gasteiger partial charge on any atom is 0.264 e. The predicted molar refractivity (Wildman–Crippen MR) is 174 cm³/mol. The average molecular weight is 705 g/mol. The lowest BCUT2D eigenvalue weighted by Crippen LogP contribution is -2.39. The summed E-state index contributed by atoms with van der Waals surface area (Å²) in [4.78, 5) is 13.0. The number of nitrogens with zero attached hydrogens (tertiary/aromatic N) is 2. The Hall–Kier alpha value is -3.57. The van der Waals surface area contributed by atoms with Crippen LogP contribution in [0, 0.1) is 13.8 Å². The number of hydrazone groups is 1. The highest BCUT2D eigenvalue weighted by molar-refractivity contribution is 9.10. The summed E-state index contributed by atoms with van der Waals surface area (Å²) in [7, 11) is -2.54. The van der Waals surface area contributed by atoms with E-state index in [-0.39, 0.29) is 11.5 Å². The lowest BCUT2D eigenvalue weighted by Gasteiger charge is -2.24. The molecule has 0 aliphatic carbocycles. The van der Waals surface area contributed by atoms with Gasteiger partial charge in [0, 0.05) is 15.6 Å². The van der Waals surface area contributed by atoms with Crippen LogP contribution in [-0.2, 0) is 21.4 Å². The summed E-state index contributed by atoms with van der Waals surface area (Å²) in [5.41, 5.74) is 5.89. The molecule has 224 valence electrons. The van der Waals surface area contributed by atoms with Crippen molar-refractivity contribution in [2.24, 2.45) is 5.10 Å². The van der Waals surface area contributed by atoms with Crippen molar-refractivity contribution in [2.45, 2.75) is 25.3 Å². The molecule has 0 saturated carbocycles. The number of carbonyl (C=O) groups excluding carboxylic acids is 1. The van der Waals surface area contributed by atoms with Crippen molar-refractivity contribution in [1.82, 2.24) is 5.43 Å². The molecule has 0 spiro atoms. The number of ether oxygens (including phenoxy) is 2. The van der Waals surface area contributed by atoms with Crippen LogP contribution in [0.15, 0.2) is 93.3 Å². The second-order valence-corrected chi connectivity index (χ2v) is 13.1. The van der Waals surface area contributed by atoms with Crippen LogP contribution in [-0.4, -0.2) is 34.2 Å². The first-order valence-electron chi connectivity index (χ1n) is 12.9. The van der Waals surface area contributed by atoms with Gasteiger partial charge >= 0.3 is 0 Å². The largest absolute Gasteiger partial charge is 0.493 e. The lowest BCUT2D eigenvalue weighted by atomic mass is 10.2. The molecule has 0 aliphatic rings. The first-order valence-corrected chi connectivity index (χ1v) is 15.9. The molecule has 0 heterocycles. The van der Waals surface area contributed by atoms with Gasteiger partial charge in [-0.3, -0.25) is 9.10 Å². The second kappa shape index (κ2) is 14.3. The molecule has 12 heteroatoms. The highest BCUT2D eigenvalue weighted by Crippen LogP contribution is 2.37. The molecule has 4 aromatic rings. The second-order valence-electron chi connectivity index (χ2n) is 9.52. The third-order valence-electron chi connectivity index (χ3n) is 6.23. The van der Waals surface area contributed by atoms with Crippen molar-refractivity contribution in [3.05, 3.63) is 116 Å². The van der Waals surface area contributed by atoms with Crippen molar-refractivity contribution >= 4 is 67.0 Å². The maximum atomic E-state index is 13.6. The number of methoxy groups -OCH3 is 1. The van der Waals surface area contributed by atoms with E-state index in [1.807, 2.05) is 19.9 Å². The zero-order chi connectivity index (χ0) is 31.1. The van der Waals surface area contributed by atoms with Crippen molar-refractivity contribution in [2.75, 3.05) is 18.0 Å². The minimum Gasteiger partial charge on any atom is -0.493 e. The zero-order valence-electron chi connectivity index (χ0n) is 23.5. The molecule has 1 N–H and O–H groups in total. The Kier molecular flexibility index (Phi) is 10.7. The fourth-order valence-corrected chi connectivity index (χ4v) is 6.47. The van der Waals surface area contributed by atoms with Crippen LogP contribution in [0.1, 0.15) is 22.3 Å². The highest BCUT2D eigenvalue weighted by Gasteiger charge is 2.27. The lowest BCUT2D eigenvalue weighted by molar-refractivity contribution is -0.119. The Morgan fingerprint density at radius 1 is 1.00 bits per heavy atom.